The molecule has 3 aliphatic carbocycles. The van der Waals surface area contributed by atoms with E-state index < -0.39 is 0 Å². The molecule has 1 saturated carbocycles. The predicted octanol–water partition coefficient (Wildman–Crippen LogP) is 4.85. The number of allylic oxidation sites excluding steroid dienone is 5. The van der Waals surface area contributed by atoms with Gasteiger partial charge in [0.2, 0.25) is 0 Å². The number of fused-ring (bicyclic) bond motifs is 3. The number of aliphatic hydroxyl groups is 1. The Hall–Kier alpha value is -1.15. The zero-order valence-corrected chi connectivity index (χ0v) is 15.0. The first-order valence-electron chi connectivity index (χ1n) is 9.93. The van der Waals surface area contributed by atoms with E-state index in [4.69, 9.17) is 5.11 Å². The van der Waals surface area contributed by atoms with Crippen molar-refractivity contribution in [3.63, 3.8) is 0 Å². The molecule has 1 N–H and O–H groups in total. The van der Waals surface area contributed by atoms with Crippen molar-refractivity contribution in [2.45, 2.75) is 58.3 Å². The van der Waals surface area contributed by atoms with Gasteiger partial charge in [-0.3, -0.25) is 4.79 Å². The molecule has 132 valence electrons. The number of ketones is 1. The third kappa shape index (κ3) is 3.74. The van der Waals surface area contributed by atoms with Crippen LogP contribution in [0.3, 0.4) is 0 Å². The summed E-state index contributed by atoms with van der Waals surface area (Å²) in [6, 6.07) is 0. The highest BCUT2D eigenvalue weighted by Gasteiger charge is 2.43. The number of rotatable bonds is 6. The molecule has 0 aromatic heterocycles. The summed E-state index contributed by atoms with van der Waals surface area (Å²) in [5.74, 6) is 4.07. The average Bonchev–Trinajstić information content (AvgIpc) is 2.60. The first-order chi connectivity index (χ1) is 11.7. The molecule has 1 fully saturated rings. The molecular formula is C22H32O2. The van der Waals surface area contributed by atoms with Gasteiger partial charge in [0, 0.05) is 6.42 Å². The highest BCUT2D eigenvalue weighted by Crippen LogP contribution is 2.51. The summed E-state index contributed by atoms with van der Waals surface area (Å²) in [5, 5.41) is 8.85. The van der Waals surface area contributed by atoms with Crippen LogP contribution in [-0.4, -0.2) is 17.5 Å². The number of hydrogen-bond acceptors (Lipinski definition) is 2. The number of aliphatic hydroxyl groups excluding tert-OH is 1. The molecule has 0 bridgehead atoms. The molecule has 0 heterocycles. The van der Waals surface area contributed by atoms with E-state index in [1.54, 1.807) is 0 Å². The average molecular weight is 328 g/mol. The van der Waals surface area contributed by atoms with Gasteiger partial charge >= 0.3 is 0 Å². The molecule has 3 rings (SSSR count). The minimum atomic E-state index is 0.157. The maximum absolute atomic E-state index is 11.7. The predicted molar refractivity (Wildman–Crippen MR) is 98.5 cm³/mol. The molecule has 3 aliphatic rings. The summed E-state index contributed by atoms with van der Waals surface area (Å²) < 4.78 is 0. The van der Waals surface area contributed by atoms with Gasteiger partial charge in [0.15, 0.2) is 5.78 Å². The first kappa shape index (κ1) is 17.7. The van der Waals surface area contributed by atoms with Crippen LogP contribution in [0.4, 0.5) is 0 Å². The number of unbranched alkanes of at least 4 members (excludes halogenated alkanes) is 1. The van der Waals surface area contributed by atoms with Crippen LogP contribution in [0.2, 0.25) is 0 Å². The lowest BCUT2D eigenvalue weighted by molar-refractivity contribution is -0.115. The van der Waals surface area contributed by atoms with Crippen LogP contribution in [0.1, 0.15) is 58.3 Å². The lowest BCUT2D eigenvalue weighted by atomic mass is 9.57. The van der Waals surface area contributed by atoms with Crippen LogP contribution >= 0.6 is 0 Å². The monoisotopic (exact) mass is 328 g/mol. The minimum Gasteiger partial charge on any atom is -0.392 e. The van der Waals surface area contributed by atoms with Crippen molar-refractivity contribution < 1.29 is 9.90 Å². The van der Waals surface area contributed by atoms with Gasteiger partial charge in [0.1, 0.15) is 0 Å². The smallest absolute Gasteiger partial charge is 0.155 e. The lowest BCUT2D eigenvalue weighted by Crippen LogP contribution is -2.40. The molecule has 0 amide bonds. The van der Waals surface area contributed by atoms with E-state index in [2.05, 4.69) is 25.2 Å². The second kappa shape index (κ2) is 8.29. The van der Waals surface area contributed by atoms with Crippen LogP contribution in [0, 0.1) is 29.6 Å². The van der Waals surface area contributed by atoms with Crippen LogP contribution in [0.25, 0.3) is 0 Å². The first-order valence-corrected chi connectivity index (χ1v) is 9.93. The van der Waals surface area contributed by atoms with Crippen LogP contribution < -0.4 is 0 Å². The molecule has 5 atom stereocenters. The number of carbonyl (C=O) groups is 1. The number of hydrogen-bond donors (Lipinski definition) is 1. The minimum absolute atomic E-state index is 0.157. The van der Waals surface area contributed by atoms with Crippen molar-refractivity contribution >= 4 is 5.78 Å². The van der Waals surface area contributed by atoms with Crippen molar-refractivity contribution in [3.05, 3.63) is 36.0 Å². The Balaban J connectivity index is 1.72. The topological polar surface area (TPSA) is 37.3 Å². The Morgan fingerprint density at radius 3 is 2.92 bits per heavy atom. The van der Waals surface area contributed by atoms with E-state index >= 15 is 0 Å². The molecule has 4 unspecified atom stereocenters. The largest absolute Gasteiger partial charge is 0.392 e. The SMILES string of the molecule is CC[C@@H]1CCC2C3CCC(=O)C=C3C=CC2C1CCC/C=C\CO. The Morgan fingerprint density at radius 1 is 1.25 bits per heavy atom. The highest BCUT2D eigenvalue weighted by atomic mass is 16.2. The third-order valence-electron chi connectivity index (χ3n) is 6.66. The van der Waals surface area contributed by atoms with E-state index in [0.29, 0.717) is 17.6 Å². The fourth-order valence-electron chi connectivity index (χ4n) is 5.48. The molecule has 24 heavy (non-hydrogen) atoms. The molecule has 2 nitrogen and oxygen atoms in total. The van der Waals surface area contributed by atoms with Crippen LogP contribution in [-0.2, 0) is 4.79 Å². The normalized spacial score (nSPS) is 35.7. The van der Waals surface area contributed by atoms with Crippen molar-refractivity contribution in [1.29, 1.82) is 0 Å². The molecule has 0 aromatic carbocycles. The summed E-state index contributed by atoms with van der Waals surface area (Å²) in [6.45, 7) is 2.50. The van der Waals surface area contributed by atoms with Crippen LogP contribution in [0.5, 0.6) is 0 Å². The second-order valence-corrected chi connectivity index (χ2v) is 7.85. The van der Waals surface area contributed by atoms with E-state index in [1.165, 1.54) is 37.7 Å². The maximum atomic E-state index is 11.7. The third-order valence-corrected chi connectivity index (χ3v) is 6.66. The summed E-state index contributed by atoms with van der Waals surface area (Å²) in [6.07, 6.45) is 20.0. The van der Waals surface area contributed by atoms with E-state index in [9.17, 15) is 4.79 Å². The molecule has 0 radical (unpaired) electrons. The zero-order valence-electron chi connectivity index (χ0n) is 15.0. The fourth-order valence-corrected chi connectivity index (χ4v) is 5.48. The van der Waals surface area contributed by atoms with E-state index in [0.717, 1.165) is 37.0 Å². The molecule has 0 saturated heterocycles. The summed E-state index contributed by atoms with van der Waals surface area (Å²) in [7, 11) is 0. The van der Waals surface area contributed by atoms with Crippen molar-refractivity contribution in [2.75, 3.05) is 6.61 Å². The summed E-state index contributed by atoms with van der Waals surface area (Å²) in [4.78, 5) is 11.7. The van der Waals surface area contributed by atoms with Crippen molar-refractivity contribution in [1.82, 2.24) is 0 Å². The lowest BCUT2D eigenvalue weighted by Gasteiger charge is -2.48. The molecule has 0 aromatic rings. The Bertz CT molecular complexity index is 528. The van der Waals surface area contributed by atoms with Gasteiger partial charge in [-0.1, -0.05) is 37.6 Å². The van der Waals surface area contributed by atoms with Gasteiger partial charge in [0.25, 0.3) is 0 Å². The quantitative estimate of drug-likeness (QED) is 0.559. The molecular weight excluding hydrogens is 296 g/mol. The van der Waals surface area contributed by atoms with E-state index in [1.807, 2.05) is 12.2 Å². The molecule has 0 spiro atoms. The zero-order chi connectivity index (χ0) is 16.9. The van der Waals surface area contributed by atoms with Crippen LogP contribution in [0.15, 0.2) is 36.0 Å². The fraction of sp³-hybridized carbons (Fsp3) is 0.682. The van der Waals surface area contributed by atoms with Crippen molar-refractivity contribution in [2.24, 2.45) is 29.6 Å². The summed E-state index contributed by atoms with van der Waals surface area (Å²) in [5.41, 5.74) is 1.31. The standard InChI is InChI=1S/C22H32O2/c1-2-16-8-11-22-20-13-10-18(24)15-17(20)9-12-21(22)19(16)7-5-3-4-6-14-23/h4,6,9,12,15-16,19-23H,2-3,5,7-8,10-11,13-14H2,1H3/b6-4-/t16-,19?,20?,21?,22?/m1/s1. The Kier molecular flexibility index (Phi) is 6.10. The van der Waals surface area contributed by atoms with Gasteiger partial charge in [-0.15, -0.1) is 0 Å². The summed E-state index contributed by atoms with van der Waals surface area (Å²) >= 11 is 0. The number of carbonyl (C=O) groups excluding carboxylic acids is 1. The van der Waals surface area contributed by atoms with Gasteiger partial charge in [-0.05, 0) is 79.8 Å². The Labute approximate surface area is 146 Å². The van der Waals surface area contributed by atoms with E-state index in [-0.39, 0.29) is 6.61 Å². The second-order valence-electron chi connectivity index (χ2n) is 7.85. The van der Waals surface area contributed by atoms with Crippen molar-refractivity contribution in [3.8, 4) is 0 Å². The molecule has 2 heteroatoms. The highest BCUT2D eigenvalue weighted by molar-refractivity contribution is 5.91. The van der Waals surface area contributed by atoms with Gasteiger partial charge in [-0.25, -0.2) is 0 Å². The maximum Gasteiger partial charge on any atom is 0.155 e. The Morgan fingerprint density at radius 2 is 2.12 bits per heavy atom. The van der Waals surface area contributed by atoms with Gasteiger partial charge in [0.05, 0.1) is 6.61 Å². The molecule has 0 aliphatic heterocycles. The van der Waals surface area contributed by atoms with Gasteiger partial charge < -0.3 is 5.11 Å². The van der Waals surface area contributed by atoms with Gasteiger partial charge in [-0.2, -0.15) is 0 Å².